The van der Waals surface area contributed by atoms with Crippen LogP contribution in [0.1, 0.15) is 5.56 Å². The average Bonchev–Trinajstić information content (AvgIpc) is 2.93. The molecule has 29 heavy (non-hydrogen) atoms. The number of nitrogens with zero attached hydrogens (tertiary/aromatic N) is 2. The summed E-state index contributed by atoms with van der Waals surface area (Å²) in [5.41, 5.74) is 0.280. The minimum Gasteiger partial charge on any atom is -0.353 e. The van der Waals surface area contributed by atoms with Crippen molar-refractivity contribution in [1.29, 1.82) is 0 Å². The van der Waals surface area contributed by atoms with Gasteiger partial charge < -0.3 is 9.88 Å². The van der Waals surface area contributed by atoms with Crippen LogP contribution in [0.4, 0.5) is 4.79 Å². The quantitative estimate of drug-likeness (QED) is 0.681. The Bertz CT molecular complexity index is 1070. The lowest BCUT2D eigenvalue weighted by molar-refractivity contribution is -0.124. The molecular formula is C19H15Cl2N3O4S. The smallest absolute Gasteiger partial charge is 0.293 e. The zero-order valence-corrected chi connectivity index (χ0v) is 17.3. The second-order valence-corrected chi connectivity index (χ2v) is 7.85. The summed E-state index contributed by atoms with van der Waals surface area (Å²) in [6.45, 7) is -0.0459. The number of pyridine rings is 1. The summed E-state index contributed by atoms with van der Waals surface area (Å²) in [5.74, 6) is -0.853. The maximum Gasteiger partial charge on any atom is 0.293 e. The van der Waals surface area contributed by atoms with Gasteiger partial charge >= 0.3 is 0 Å². The number of benzene rings is 1. The molecule has 0 saturated carbocycles. The van der Waals surface area contributed by atoms with Crippen molar-refractivity contribution in [3.05, 3.63) is 73.5 Å². The van der Waals surface area contributed by atoms with E-state index in [2.05, 4.69) is 5.32 Å². The van der Waals surface area contributed by atoms with E-state index in [4.69, 9.17) is 23.2 Å². The molecule has 0 unspecified atom stereocenters. The van der Waals surface area contributed by atoms with Crippen molar-refractivity contribution in [2.75, 3.05) is 13.1 Å². The minimum absolute atomic E-state index is 0.0196. The van der Waals surface area contributed by atoms with Gasteiger partial charge in [0.15, 0.2) is 0 Å². The molecule has 1 saturated heterocycles. The predicted molar refractivity (Wildman–Crippen MR) is 113 cm³/mol. The Morgan fingerprint density at radius 1 is 1.14 bits per heavy atom. The number of aromatic nitrogens is 1. The number of carbonyl (C=O) groups is 3. The lowest BCUT2D eigenvalue weighted by Crippen LogP contribution is -2.39. The molecule has 2 aromatic rings. The molecule has 0 aliphatic carbocycles. The Morgan fingerprint density at radius 3 is 2.66 bits per heavy atom. The molecule has 1 aliphatic rings. The van der Waals surface area contributed by atoms with E-state index < -0.39 is 17.1 Å². The van der Waals surface area contributed by atoms with E-state index >= 15 is 0 Å². The Labute approximate surface area is 180 Å². The van der Waals surface area contributed by atoms with Crippen LogP contribution in [0.5, 0.6) is 0 Å². The normalized spacial score (nSPS) is 15.2. The molecule has 3 rings (SSSR count). The Kier molecular flexibility index (Phi) is 6.79. The number of hydrogen-bond acceptors (Lipinski definition) is 5. The maximum absolute atomic E-state index is 12.5. The van der Waals surface area contributed by atoms with E-state index in [1.54, 1.807) is 30.3 Å². The molecule has 0 spiro atoms. The third-order valence-electron chi connectivity index (χ3n) is 3.99. The van der Waals surface area contributed by atoms with Crippen molar-refractivity contribution in [2.45, 2.75) is 6.54 Å². The van der Waals surface area contributed by atoms with Crippen molar-refractivity contribution < 1.29 is 14.4 Å². The van der Waals surface area contributed by atoms with Gasteiger partial charge in [-0.25, -0.2) is 0 Å². The predicted octanol–water partition coefficient (Wildman–Crippen LogP) is 3.01. The van der Waals surface area contributed by atoms with E-state index in [0.29, 0.717) is 15.6 Å². The molecule has 1 aliphatic heterocycles. The number of halogens is 2. The summed E-state index contributed by atoms with van der Waals surface area (Å²) in [6.07, 6.45) is 3.04. The van der Waals surface area contributed by atoms with Crippen LogP contribution in [0.3, 0.4) is 0 Å². The largest absolute Gasteiger partial charge is 0.353 e. The molecule has 7 nitrogen and oxygen atoms in total. The van der Waals surface area contributed by atoms with Gasteiger partial charge in [-0.1, -0.05) is 35.3 Å². The first-order chi connectivity index (χ1) is 13.8. The van der Waals surface area contributed by atoms with Crippen molar-refractivity contribution in [2.24, 2.45) is 0 Å². The van der Waals surface area contributed by atoms with Crippen LogP contribution < -0.4 is 10.9 Å². The summed E-state index contributed by atoms with van der Waals surface area (Å²) >= 11 is 12.8. The van der Waals surface area contributed by atoms with Crippen LogP contribution in [0.25, 0.3) is 6.08 Å². The SMILES string of the molecule is O=C(Cn1ccccc1=O)NCCN1C(=O)S/C(=C\c2ccc(Cl)cc2Cl)C1=O. The first-order valence-electron chi connectivity index (χ1n) is 8.48. The molecular weight excluding hydrogens is 437 g/mol. The maximum atomic E-state index is 12.5. The molecule has 0 atom stereocenters. The van der Waals surface area contributed by atoms with Gasteiger partial charge in [0.25, 0.3) is 16.7 Å². The number of nitrogens with one attached hydrogen (secondary N) is 1. The molecule has 3 amide bonds. The number of thioether (sulfide) groups is 1. The van der Waals surface area contributed by atoms with E-state index in [1.807, 2.05) is 0 Å². The van der Waals surface area contributed by atoms with Crippen molar-refractivity contribution in [3.63, 3.8) is 0 Å². The highest BCUT2D eigenvalue weighted by molar-refractivity contribution is 8.18. The molecule has 150 valence electrons. The molecule has 10 heteroatoms. The molecule has 2 heterocycles. The molecule has 1 fully saturated rings. The van der Waals surface area contributed by atoms with E-state index in [-0.39, 0.29) is 30.1 Å². The van der Waals surface area contributed by atoms with E-state index in [0.717, 1.165) is 16.7 Å². The lowest BCUT2D eigenvalue weighted by atomic mass is 10.2. The summed E-state index contributed by atoms with van der Waals surface area (Å²) in [4.78, 5) is 49.5. The van der Waals surface area contributed by atoms with Gasteiger partial charge in [0.2, 0.25) is 5.91 Å². The first kappa shape index (κ1) is 21.2. The minimum atomic E-state index is -0.459. The zero-order chi connectivity index (χ0) is 21.0. The lowest BCUT2D eigenvalue weighted by Gasteiger charge is -2.13. The van der Waals surface area contributed by atoms with Gasteiger partial charge in [0.1, 0.15) is 6.54 Å². The van der Waals surface area contributed by atoms with Gasteiger partial charge in [-0.05, 0) is 41.6 Å². The molecule has 1 aromatic heterocycles. The van der Waals surface area contributed by atoms with Gasteiger partial charge in [-0.2, -0.15) is 0 Å². The summed E-state index contributed by atoms with van der Waals surface area (Å²) in [7, 11) is 0. The third-order valence-corrected chi connectivity index (χ3v) is 5.46. The van der Waals surface area contributed by atoms with Crippen LogP contribution >= 0.6 is 35.0 Å². The number of carbonyl (C=O) groups excluding carboxylic acids is 3. The van der Waals surface area contributed by atoms with E-state index in [9.17, 15) is 19.2 Å². The highest BCUT2D eigenvalue weighted by Crippen LogP contribution is 2.33. The number of amides is 3. The van der Waals surface area contributed by atoms with Gasteiger partial charge in [0.05, 0.1) is 4.91 Å². The average molecular weight is 452 g/mol. The number of imide groups is 1. The number of rotatable bonds is 6. The van der Waals surface area contributed by atoms with Gasteiger partial charge in [-0.3, -0.25) is 24.1 Å². The molecule has 1 aromatic carbocycles. The Balaban J connectivity index is 1.58. The van der Waals surface area contributed by atoms with Crippen molar-refractivity contribution in [3.8, 4) is 0 Å². The van der Waals surface area contributed by atoms with Gasteiger partial charge in [0, 0.05) is 35.4 Å². The van der Waals surface area contributed by atoms with Crippen LogP contribution in [0, 0.1) is 0 Å². The summed E-state index contributed by atoms with van der Waals surface area (Å²) < 4.78 is 1.26. The Hall–Kier alpha value is -2.55. The fourth-order valence-corrected chi connectivity index (χ4v) is 3.88. The van der Waals surface area contributed by atoms with E-state index in [1.165, 1.54) is 22.9 Å². The second kappa shape index (κ2) is 9.30. The highest BCUT2D eigenvalue weighted by Gasteiger charge is 2.34. The van der Waals surface area contributed by atoms with Crippen molar-refractivity contribution >= 4 is 58.1 Å². The topological polar surface area (TPSA) is 88.5 Å². The Morgan fingerprint density at radius 2 is 1.93 bits per heavy atom. The van der Waals surface area contributed by atoms with Gasteiger partial charge in [-0.15, -0.1) is 0 Å². The fourth-order valence-electron chi connectivity index (χ4n) is 2.56. The van der Waals surface area contributed by atoms with Crippen LogP contribution in [0.2, 0.25) is 10.0 Å². The fraction of sp³-hybridized carbons (Fsp3) is 0.158. The monoisotopic (exact) mass is 451 g/mol. The number of hydrogen-bond donors (Lipinski definition) is 1. The van der Waals surface area contributed by atoms with Crippen LogP contribution in [-0.2, 0) is 16.1 Å². The highest BCUT2D eigenvalue weighted by atomic mass is 35.5. The second-order valence-electron chi connectivity index (χ2n) is 6.02. The standard InChI is InChI=1S/C19H15Cl2N3O4S/c20-13-5-4-12(14(21)10-13)9-15-18(27)24(19(28)29-15)8-6-22-16(25)11-23-7-2-1-3-17(23)26/h1-5,7,9-10H,6,8,11H2,(H,22,25)/b15-9-. The summed E-state index contributed by atoms with van der Waals surface area (Å²) in [6, 6.07) is 9.43. The molecule has 0 bridgehead atoms. The summed E-state index contributed by atoms with van der Waals surface area (Å²) in [5, 5.41) is 3.00. The van der Waals surface area contributed by atoms with Crippen LogP contribution in [-0.4, -0.2) is 39.6 Å². The zero-order valence-electron chi connectivity index (χ0n) is 14.9. The molecule has 0 radical (unpaired) electrons. The molecule has 1 N–H and O–H groups in total. The first-order valence-corrected chi connectivity index (χ1v) is 10.0. The third kappa shape index (κ3) is 5.29. The van der Waals surface area contributed by atoms with Crippen molar-refractivity contribution in [1.82, 2.24) is 14.8 Å². The van der Waals surface area contributed by atoms with Crippen LogP contribution in [0.15, 0.2) is 52.3 Å².